The predicted octanol–water partition coefficient (Wildman–Crippen LogP) is 5.48. The second kappa shape index (κ2) is 7.49. The lowest BCUT2D eigenvalue weighted by Crippen LogP contribution is -2.14. The van der Waals surface area contributed by atoms with Gasteiger partial charge in [-0.1, -0.05) is 18.2 Å². The van der Waals surface area contributed by atoms with Gasteiger partial charge in [0.2, 0.25) is 5.91 Å². The summed E-state index contributed by atoms with van der Waals surface area (Å²) in [6, 6.07) is 11.8. The lowest BCUT2D eigenvalue weighted by Gasteiger charge is -2.05. The van der Waals surface area contributed by atoms with Gasteiger partial charge in [0.1, 0.15) is 5.01 Å². The fraction of sp³-hybridized carbons (Fsp3) is 0.105. The highest BCUT2D eigenvalue weighted by Crippen LogP contribution is 2.28. The Hall–Kier alpha value is -2.35. The number of nitrogens with one attached hydrogen (secondary N) is 1. The third-order valence-corrected chi connectivity index (χ3v) is 6.41. The first-order valence-corrected chi connectivity index (χ1v) is 10.6. The number of thiophene rings is 1. The Kier molecular flexibility index (Phi) is 4.92. The van der Waals surface area contributed by atoms with E-state index in [4.69, 9.17) is 0 Å². The van der Waals surface area contributed by atoms with Crippen molar-refractivity contribution in [3.8, 4) is 21.1 Å². The Labute approximate surface area is 163 Å². The molecule has 1 N–H and O–H groups in total. The molecule has 4 aromatic rings. The molecular formula is C19H15N3OS3. The van der Waals surface area contributed by atoms with E-state index in [1.54, 1.807) is 34.0 Å². The molecule has 3 heterocycles. The van der Waals surface area contributed by atoms with Crippen LogP contribution in [-0.4, -0.2) is 15.9 Å². The minimum absolute atomic E-state index is 0.0646. The summed E-state index contributed by atoms with van der Waals surface area (Å²) in [4.78, 5) is 22.4. The van der Waals surface area contributed by atoms with E-state index in [2.05, 4.69) is 15.3 Å². The van der Waals surface area contributed by atoms with E-state index in [0.29, 0.717) is 0 Å². The van der Waals surface area contributed by atoms with Crippen molar-refractivity contribution in [2.45, 2.75) is 13.3 Å². The lowest BCUT2D eigenvalue weighted by molar-refractivity contribution is -0.115. The first-order valence-electron chi connectivity index (χ1n) is 7.98. The molecule has 7 heteroatoms. The van der Waals surface area contributed by atoms with Crippen LogP contribution in [0.2, 0.25) is 0 Å². The molecule has 0 saturated carbocycles. The van der Waals surface area contributed by atoms with E-state index in [1.165, 1.54) is 0 Å². The van der Waals surface area contributed by atoms with E-state index in [-0.39, 0.29) is 12.3 Å². The second-order valence-electron chi connectivity index (χ2n) is 5.68. The molecule has 3 aromatic heterocycles. The first kappa shape index (κ1) is 17.1. The van der Waals surface area contributed by atoms with Crippen LogP contribution in [0.1, 0.15) is 10.7 Å². The van der Waals surface area contributed by atoms with Gasteiger partial charge in [-0.3, -0.25) is 4.79 Å². The molecule has 0 bridgehead atoms. The number of anilines is 1. The van der Waals surface area contributed by atoms with Crippen LogP contribution in [-0.2, 0) is 11.2 Å². The maximum absolute atomic E-state index is 12.3. The number of amides is 1. The largest absolute Gasteiger partial charge is 0.326 e. The van der Waals surface area contributed by atoms with Gasteiger partial charge in [-0.25, -0.2) is 9.97 Å². The fourth-order valence-electron chi connectivity index (χ4n) is 2.49. The summed E-state index contributed by atoms with van der Waals surface area (Å²) in [5, 5.41) is 10.9. The zero-order chi connectivity index (χ0) is 17.9. The molecule has 4 nitrogen and oxygen atoms in total. The third kappa shape index (κ3) is 3.90. The Bertz CT molecular complexity index is 1020. The number of nitrogens with zero attached hydrogens (tertiary/aromatic N) is 2. The highest BCUT2D eigenvalue weighted by molar-refractivity contribution is 7.20. The van der Waals surface area contributed by atoms with Crippen LogP contribution >= 0.6 is 34.0 Å². The summed E-state index contributed by atoms with van der Waals surface area (Å²) in [6.07, 6.45) is 0.273. The van der Waals surface area contributed by atoms with Crippen molar-refractivity contribution in [1.29, 1.82) is 0 Å². The molecule has 0 radical (unpaired) electrons. The van der Waals surface area contributed by atoms with Crippen molar-refractivity contribution in [2.24, 2.45) is 0 Å². The summed E-state index contributed by atoms with van der Waals surface area (Å²) in [5.74, 6) is -0.0646. The monoisotopic (exact) mass is 397 g/mol. The Balaban J connectivity index is 1.39. The first-order chi connectivity index (χ1) is 12.7. The van der Waals surface area contributed by atoms with Crippen LogP contribution in [0.15, 0.2) is 52.5 Å². The van der Waals surface area contributed by atoms with Crippen molar-refractivity contribution in [2.75, 3.05) is 5.32 Å². The SMILES string of the molecule is Cc1nc(-c2ccc(NC(=O)Cc3csc(-c4cccs4)n3)cc2)cs1. The van der Waals surface area contributed by atoms with Gasteiger partial charge in [0.25, 0.3) is 0 Å². The Morgan fingerprint density at radius 1 is 1.04 bits per heavy atom. The Morgan fingerprint density at radius 3 is 2.58 bits per heavy atom. The number of hydrogen-bond acceptors (Lipinski definition) is 6. The fourth-order valence-corrected chi connectivity index (χ4v) is 4.75. The van der Waals surface area contributed by atoms with Crippen LogP contribution < -0.4 is 5.32 Å². The highest BCUT2D eigenvalue weighted by atomic mass is 32.1. The number of aryl methyl sites for hydroxylation is 1. The molecule has 0 atom stereocenters. The van der Waals surface area contributed by atoms with E-state index in [9.17, 15) is 4.79 Å². The maximum atomic E-state index is 12.3. The van der Waals surface area contributed by atoms with Crippen molar-refractivity contribution in [3.63, 3.8) is 0 Å². The van der Waals surface area contributed by atoms with Crippen LogP contribution in [0.3, 0.4) is 0 Å². The van der Waals surface area contributed by atoms with E-state index >= 15 is 0 Å². The van der Waals surface area contributed by atoms with Gasteiger partial charge in [-0.15, -0.1) is 34.0 Å². The lowest BCUT2D eigenvalue weighted by atomic mass is 10.1. The standard InChI is InChI=1S/C19H15N3OS3/c1-12-20-16(11-25-12)13-4-6-14(7-5-13)21-18(23)9-15-10-26-19(22-15)17-3-2-8-24-17/h2-8,10-11H,9H2,1H3,(H,21,23). The number of hydrogen-bond donors (Lipinski definition) is 1. The third-order valence-electron chi connectivity index (χ3n) is 3.71. The van der Waals surface area contributed by atoms with Crippen LogP contribution in [0.25, 0.3) is 21.1 Å². The molecule has 0 fully saturated rings. The van der Waals surface area contributed by atoms with Gasteiger partial charge < -0.3 is 5.32 Å². The maximum Gasteiger partial charge on any atom is 0.230 e. The van der Waals surface area contributed by atoms with Gasteiger partial charge >= 0.3 is 0 Å². The quantitative estimate of drug-likeness (QED) is 0.485. The Morgan fingerprint density at radius 2 is 1.88 bits per heavy atom. The average molecular weight is 398 g/mol. The average Bonchev–Trinajstić information content (AvgIpc) is 3.36. The molecule has 0 aliphatic rings. The van der Waals surface area contributed by atoms with Gasteiger partial charge in [0.05, 0.1) is 27.7 Å². The molecule has 0 aliphatic carbocycles. The molecule has 1 amide bonds. The molecule has 26 heavy (non-hydrogen) atoms. The molecular weight excluding hydrogens is 382 g/mol. The highest BCUT2D eigenvalue weighted by Gasteiger charge is 2.10. The van der Waals surface area contributed by atoms with Crippen LogP contribution in [0.5, 0.6) is 0 Å². The number of aromatic nitrogens is 2. The number of rotatable bonds is 5. The molecule has 0 aliphatic heterocycles. The van der Waals surface area contributed by atoms with E-state index in [1.807, 2.05) is 59.5 Å². The van der Waals surface area contributed by atoms with Crippen LogP contribution in [0.4, 0.5) is 5.69 Å². The van der Waals surface area contributed by atoms with Gasteiger partial charge in [0, 0.05) is 22.0 Å². The number of benzene rings is 1. The molecule has 1 aromatic carbocycles. The van der Waals surface area contributed by atoms with Crippen LogP contribution in [0, 0.1) is 6.92 Å². The van der Waals surface area contributed by atoms with Crippen molar-refractivity contribution in [3.05, 3.63) is 63.2 Å². The minimum atomic E-state index is -0.0646. The van der Waals surface area contributed by atoms with Crippen molar-refractivity contribution in [1.82, 2.24) is 9.97 Å². The minimum Gasteiger partial charge on any atom is -0.326 e. The van der Waals surface area contributed by atoms with Gasteiger partial charge in [0.15, 0.2) is 0 Å². The molecule has 130 valence electrons. The number of carbonyl (C=O) groups excluding carboxylic acids is 1. The normalized spacial score (nSPS) is 10.8. The second-order valence-corrected chi connectivity index (χ2v) is 8.54. The summed E-state index contributed by atoms with van der Waals surface area (Å²) in [7, 11) is 0. The van der Waals surface area contributed by atoms with Crippen molar-refractivity contribution < 1.29 is 4.79 Å². The van der Waals surface area contributed by atoms with Gasteiger partial charge in [-0.05, 0) is 30.5 Å². The van der Waals surface area contributed by atoms with Gasteiger partial charge in [-0.2, -0.15) is 0 Å². The van der Waals surface area contributed by atoms with E-state index in [0.717, 1.165) is 37.5 Å². The number of thiazole rings is 2. The molecule has 0 spiro atoms. The summed E-state index contributed by atoms with van der Waals surface area (Å²) >= 11 is 4.86. The summed E-state index contributed by atoms with van der Waals surface area (Å²) in [6.45, 7) is 1.99. The predicted molar refractivity (Wildman–Crippen MR) is 110 cm³/mol. The topological polar surface area (TPSA) is 54.9 Å². The zero-order valence-electron chi connectivity index (χ0n) is 13.9. The number of carbonyl (C=O) groups is 1. The molecule has 0 unspecified atom stereocenters. The summed E-state index contributed by atoms with van der Waals surface area (Å²) in [5.41, 5.74) is 3.59. The zero-order valence-corrected chi connectivity index (χ0v) is 16.4. The van der Waals surface area contributed by atoms with Crippen molar-refractivity contribution >= 4 is 45.6 Å². The molecule has 0 saturated heterocycles. The smallest absolute Gasteiger partial charge is 0.230 e. The summed E-state index contributed by atoms with van der Waals surface area (Å²) < 4.78 is 0. The van der Waals surface area contributed by atoms with E-state index < -0.39 is 0 Å². The molecule has 4 rings (SSSR count).